The summed E-state index contributed by atoms with van der Waals surface area (Å²) >= 11 is 11.9. The summed E-state index contributed by atoms with van der Waals surface area (Å²) in [5, 5.41) is 1.16. The lowest BCUT2D eigenvalue weighted by Gasteiger charge is -2.06. The van der Waals surface area contributed by atoms with Gasteiger partial charge in [-0.25, -0.2) is 4.39 Å². The van der Waals surface area contributed by atoms with Gasteiger partial charge in [-0.15, -0.1) is 0 Å². The predicted molar refractivity (Wildman–Crippen MR) is 66.6 cm³/mol. The third kappa shape index (κ3) is 2.21. The average molecular weight is 255 g/mol. The van der Waals surface area contributed by atoms with Crippen molar-refractivity contribution < 1.29 is 4.39 Å². The standard InChI is InChI=1S/C13H9Cl2F/c1-8-6-9(2-5-13(8)16)11-4-3-10(14)7-12(11)15/h2-7H,1H3. The number of rotatable bonds is 1. The van der Waals surface area contributed by atoms with Crippen molar-refractivity contribution in [3.05, 3.63) is 57.8 Å². The molecular weight excluding hydrogens is 246 g/mol. The maximum absolute atomic E-state index is 13.1. The van der Waals surface area contributed by atoms with Crippen LogP contribution in [0.2, 0.25) is 10.0 Å². The van der Waals surface area contributed by atoms with Gasteiger partial charge in [-0.2, -0.15) is 0 Å². The minimum Gasteiger partial charge on any atom is -0.207 e. The molecule has 0 spiro atoms. The van der Waals surface area contributed by atoms with E-state index in [0.29, 0.717) is 15.6 Å². The van der Waals surface area contributed by atoms with Gasteiger partial charge in [-0.1, -0.05) is 35.3 Å². The third-order valence-electron chi connectivity index (χ3n) is 2.40. The molecule has 0 fully saturated rings. The molecule has 0 atom stereocenters. The van der Waals surface area contributed by atoms with Gasteiger partial charge in [0, 0.05) is 15.6 Å². The van der Waals surface area contributed by atoms with Crippen LogP contribution in [-0.4, -0.2) is 0 Å². The van der Waals surface area contributed by atoms with Crippen molar-refractivity contribution >= 4 is 23.2 Å². The zero-order valence-electron chi connectivity index (χ0n) is 8.60. The van der Waals surface area contributed by atoms with Crippen molar-refractivity contribution in [2.75, 3.05) is 0 Å². The van der Waals surface area contributed by atoms with E-state index in [0.717, 1.165) is 11.1 Å². The first-order valence-electron chi connectivity index (χ1n) is 4.79. The summed E-state index contributed by atoms with van der Waals surface area (Å²) in [7, 11) is 0. The van der Waals surface area contributed by atoms with Crippen molar-refractivity contribution in [3.8, 4) is 11.1 Å². The largest absolute Gasteiger partial charge is 0.207 e. The summed E-state index contributed by atoms with van der Waals surface area (Å²) in [4.78, 5) is 0. The number of aryl methyl sites for hydroxylation is 1. The highest BCUT2D eigenvalue weighted by atomic mass is 35.5. The Morgan fingerprint density at radius 3 is 2.38 bits per heavy atom. The summed E-state index contributed by atoms with van der Waals surface area (Å²) in [6.45, 7) is 1.72. The number of hydrogen-bond acceptors (Lipinski definition) is 0. The molecule has 82 valence electrons. The van der Waals surface area contributed by atoms with Crippen LogP contribution < -0.4 is 0 Å². The fourth-order valence-electron chi connectivity index (χ4n) is 1.54. The number of benzene rings is 2. The summed E-state index contributed by atoms with van der Waals surface area (Å²) in [6.07, 6.45) is 0. The highest BCUT2D eigenvalue weighted by Crippen LogP contribution is 2.31. The van der Waals surface area contributed by atoms with E-state index in [9.17, 15) is 4.39 Å². The minimum absolute atomic E-state index is 0.214. The Balaban J connectivity index is 2.54. The van der Waals surface area contributed by atoms with Crippen LogP contribution in [0.5, 0.6) is 0 Å². The Bertz CT molecular complexity index is 535. The minimum atomic E-state index is -0.214. The van der Waals surface area contributed by atoms with Crippen LogP contribution in [-0.2, 0) is 0 Å². The normalized spacial score (nSPS) is 10.5. The molecule has 0 saturated heterocycles. The van der Waals surface area contributed by atoms with Crippen molar-refractivity contribution in [3.63, 3.8) is 0 Å². The fraction of sp³-hybridized carbons (Fsp3) is 0.0769. The Labute approximate surface area is 104 Å². The molecule has 0 aliphatic heterocycles. The molecule has 16 heavy (non-hydrogen) atoms. The van der Waals surface area contributed by atoms with E-state index < -0.39 is 0 Å². The average Bonchev–Trinajstić information content (AvgIpc) is 2.22. The Hall–Kier alpha value is -1.05. The van der Waals surface area contributed by atoms with Gasteiger partial charge in [-0.3, -0.25) is 0 Å². The molecule has 2 aromatic carbocycles. The van der Waals surface area contributed by atoms with E-state index in [4.69, 9.17) is 23.2 Å². The fourth-order valence-corrected chi connectivity index (χ4v) is 2.05. The lowest BCUT2D eigenvalue weighted by Crippen LogP contribution is -1.85. The Morgan fingerprint density at radius 2 is 1.75 bits per heavy atom. The third-order valence-corrected chi connectivity index (χ3v) is 2.95. The molecular formula is C13H9Cl2F. The van der Waals surface area contributed by atoms with Gasteiger partial charge >= 0.3 is 0 Å². The van der Waals surface area contributed by atoms with Crippen LogP contribution in [0, 0.1) is 12.7 Å². The lowest BCUT2D eigenvalue weighted by atomic mass is 10.0. The van der Waals surface area contributed by atoms with Crippen LogP contribution in [0.15, 0.2) is 36.4 Å². The molecule has 2 aromatic rings. The molecule has 0 bridgehead atoms. The van der Waals surface area contributed by atoms with Gasteiger partial charge in [0.15, 0.2) is 0 Å². The van der Waals surface area contributed by atoms with E-state index in [1.807, 2.05) is 6.07 Å². The number of hydrogen-bond donors (Lipinski definition) is 0. The molecule has 0 unspecified atom stereocenters. The first-order valence-corrected chi connectivity index (χ1v) is 5.55. The molecule has 0 aliphatic carbocycles. The van der Waals surface area contributed by atoms with E-state index in [2.05, 4.69) is 0 Å². The first-order chi connectivity index (χ1) is 7.58. The topological polar surface area (TPSA) is 0 Å². The van der Waals surface area contributed by atoms with E-state index >= 15 is 0 Å². The quantitative estimate of drug-likeness (QED) is 0.664. The van der Waals surface area contributed by atoms with Crippen LogP contribution >= 0.6 is 23.2 Å². The molecule has 0 aliphatic rings. The lowest BCUT2D eigenvalue weighted by molar-refractivity contribution is 0.619. The van der Waals surface area contributed by atoms with Crippen LogP contribution in [0.1, 0.15) is 5.56 Å². The second kappa shape index (κ2) is 4.44. The zero-order chi connectivity index (χ0) is 11.7. The van der Waals surface area contributed by atoms with Gasteiger partial charge in [0.05, 0.1) is 0 Å². The maximum Gasteiger partial charge on any atom is 0.126 e. The highest BCUT2D eigenvalue weighted by molar-refractivity contribution is 6.36. The van der Waals surface area contributed by atoms with Crippen LogP contribution in [0.25, 0.3) is 11.1 Å². The molecule has 0 radical (unpaired) electrons. The van der Waals surface area contributed by atoms with Gasteiger partial charge in [0.1, 0.15) is 5.82 Å². The van der Waals surface area contributed by atoms with Gasteiger partial charge < -0.3 is 0 Å². The second-order valence-corrected chi connectivity index (χ2v) is 4.43. The van der Waals surface area contributed by atoms with Gasteiger partial charge in [0.25, 0.3) is 0 Å². The zero-order valence-corrected chi connectivity index (χ0v) is 10.1. The summed E-state index contributed by atoms with van der Waals surface area (Å²) < 4.78 is 13.1. The molecule has 0 saturated carbocycles. The Kier molecular flexibility index (Phi) is 3.17. The molecule has 2 rings (SSSR count). The van der Waals surface area contributed by atoms with E-state index in [1.165, 1.54) is 6.07 Å². The van der Waals surface area contributed by atoms with Crippen LogP contribution in [0.4, 0.5) is 4.39 Å². The highest BCUT2D eigenvalue weighted by Gasteiger charge is 2.06. The molecule has 3 heteroatoms. The van der Waals surface area contributed by atoms with Crippen molar-refractivity contribution in [1.29, 1.82) is 0 Å². The molecule has 0 nitrogen and oxygen atoms in total. The maximum atomic E-state index is 13.1. The van der Waals surface area contributed by atoms with E-state index in [-0.39, 0.29) is 5.82 Å². The predicted octanol–water partition coefficient (Wildman–Crippen LogP) is 5.11. The molecule has 0 N–H and O–H groups in total. The smallest absolute Gasteiger partial charge is 0.126 e. The summed E-state index contributed by atoms with van der Waals surface area (Å²) in [5.41, 5.74) is 2.35. The van der Waals surface area contributed by atoms with Gasteiger partial charge in [-0.05, 0) is 42.3 Å². The second-order valence-electron chi connectivity index (χ2n) is 3.59. The van der Waals surface area contributed by atoms with Crippen molar-refractivity contribution in [2.45, 2.75) is 6.92 Å². The molecule has 0 aromatic heterocycles. The monoisotopic (exact) mass is 254 g/mol. The van der Waals surface area contributed by atoms with Crippen molar-refractivity contribution in [1.82, 2.24) is 0 Å². The Morgan fingerprint density at radius 1 is 1.00 bits per heavy atom. The SMILES string of the molecule is Cc1cc(-c2ccc(Cl)cc2Cl)ccc1F. The van der Waals surface area contributed by atoms with E-state index in [1.54, 1.807) is 31.2 Å². The molecule has 0 heterocycles. The number of halogens is 3. The summed E-state index contributed by atoms with van der Waals surface area (Å²) in [6, 6.07) is 10.2. The first kappa shape index (κ1) is 11.4. The van der Waals surface area contributed by atoms with Crippen LogP contribution in [0.3, 0.4) is 0 Å². The van der Waals surface area contributed by atoms with Crippen molar-refractivity contribution in [2.24, 2.45) is 0 Å². The van der Waals surface area contributed by atoms with Gasteiger partial charge in [0.2, 0.25) is 0 Å². The summed E-state index contributed by atoms with van der Waals surface area (Å²) in [5.74, 6) is -0.214. The molecule has 0 amide bonds.